The number of nitrogens with two attached hydrogens (primary N) is 1. The summed E-state index contributed by atoms with van der Waals surface area (Å²) in [6.07, 6.45) is 4.38. The molecule has 88 valence electrons. The molecule has 0 spiro atoms. The van der Waals surface area contributed by atoms with Crippen LogP contribution < -0.4 is 17.0 Å². The quantitative estimate of drug-likeness (QED) is 0.741. The van der Waals surface area contributed by atoms with E-state index in [1.165, 1.54) is 17.1 Å². The summed E-state index contributed by atoms with van der Waals surface area (Å²) in [7, 11) is 0. The Hall–Kier alpha value is -1.52. The molecule has 5 heteroatoms. The number of H-pyrrole nitrogens is 1. The number of aromatic amines is 1. The van der Waals surface area contributed by atoms with E-state index < -0.39 is 5.56 Å². The molecule has 1 fully saturated rings. The van der Waals surface area contributed by atoms with E-state index in [0.717, 1.165) is 19.3 Å². The van der Waals surface area contributed by atoms with Gasteiger partial charge in [-0.2, -0.15) is 0 Å². The Bertz CT molecular complexity index is 489. The molecule has 1 aliphatic rings. The molecule has 0 unspecified atom stereocenters. The maximum Gasteiger partial charge on any atom is 0.330 e. The Morgan fingerprint density at radius 3 is 2.69 bits per heavy atom. The Balaban J connectivity index is 2.47. The van der Waals surface area contributed by atoms with Gasteiger partial charge in [0.15, 0.2) is 0 Å². The van der Waals surface area contributed by atoms with Gasteiger partial charge in [-0.15, -0.1) is 0 Å². The lowest BCUT2D eigenvalue weighted by Gasteiger charge is -2.30. The topological polar surface area (TPSA) is 80.9 Å². The van der Waals surface area contributed by atoms with Crippen molar-refractivity contribution in [1.29, 1.82) is 0 Å². The van der Waals surface area contributed by atoms with Gasteiger partial charge >= 0.3 is 5.69 Å². The van der Waals surface area contributed by atoms with E-state index >= 15 is 0 Å². The van der Waals surface area contributed by atoms with Crippen molar-refractivity contribution < 1.29 is 0 Å². The molecule has 0 bridgehead atoms. The largest absolute Gasteiger partial charge is 0.385 e. The highest BCUT2D eigenvalue weighted by molar-refractivity contribution is 5.27. The lowest BCUT2D eigenvalue weighted by atomic mass is 9.86. The molecule has 16 heavy (non-hydrogen) atoms. The Morgan fingerprint density at radius 2 is 2.06 bits per heavy atom. The van der Waals surface area contributed by atoms with Crippen molar-refractivity contribution in [3.63, 3.8) is 0 Å². The summed E-state index contributed by atoms with van der Waals surface area (Å²) in [5, 5.41) is 0. The highest BCUT2D eigenvalue weighted by atomic mass is 16.2. The van der Waals surface area contributed by atoms with E-state index in [2.05, 4.69) is 11.9 Å². The van der Waals surface area contributed by atoms with Crippen molar-refractivity contribution in [2.24, 2.45) is 5.92 Å². The van der Waals surface area contributed by atoms with Gasteiger partial charge in [0, 0.05) is 12.1 Å². The van der Waals surface area contributed by atoms with Crippen LogP contribution in [-0.2, 0) is 0 Å². The van der Waals surface area contributed by atoms with Crippen LogP contribution in [0.3, 0.4) is 0 Å². The first kappa shape index (κ1) is 11.0. The normalized spacial score (nSPS) is 25.6. The van der Waals surface area contributed by atoms with E-state index in [9.17, 15) is 9.59 Å². The molecule has 1 heterocycles. The third-order valence-corrected chi connectivity index (χ3v) is 3.40. The number of hydrogen-bond donors (Lipinski definition) is 2. The lowest BCUT2D eigenvalue weighted by Crippen LogP contribution is -2.37. The predicted octanol–water partition coefficient (Wildman–Crippen LogP) is 0.870. The fourth-order valence-corrected chi connectivity index (χ4v) is 2.55. The second-order valence-corrected chi connectivity index (χ2v) is 4.56. The molecular weight excluding hydrogens is 206 g/mol. The van der Waals surface area contributed by atoms with Crippen molar-refractivity contribution >= 4 is 5.82 Å². The summed E-state index contributed by atoms with van der Waals surface area (Å²) in [5.74, 6) is 0.701. The Kier molecular flexibility index (Phi) is 2.85. The van der Waals surface area contributed by atoms with Crippen LogP contribution in [0.15, 0.2) is 15.7 Å². The highest BCUT2D eigenvalue weighted by Gasteiger charge is 2.25. The maximum absolute atomic E-state index is 11.7. The van der Waals surface area contributed by atoms with Crippen LogP contribution in [-0.4, -0.2) is 9.55 Å². The highest BCUT2D eigenvalue weighted by Crippen LogP contribution is 2.33. The van der Waals surface area contributed by atoms with Gasteiger partial charge in [0.2, 0.25) is 0 Å². The minimum atomic E-state index is -0.429. The first-order valence-corrected chi connectivity index (χ1v) is 5.71. The van der Waals surface area contributed by atoms with Crippen LogP contribution in [0.5, 0.6) is 0 Å². The van der Waals surface area contributed by atoms with E-state index in [-0.39, 0.29) is 17.5 Å². The van der Waals surface area contributed by atoms with E-state index in [1.807, 2.05) is 0 Å². The molecule has 0 radical (unpaired) electrons. The zero-order valence-electron chi connectivity index (χ0n) is 9.40. The first-order valence-electron chi connectivity index (χ1n) is 5.71. The third-order valence-electron chi connectivity index (χ3n) is 3.40. The molecule has 1 aromatic rings. The van der Waals surface area contributed by atoms with Crippen molar-refractivity contribution in [2.45, 2.75) is 38.6 Å². The minimum Gasteiger partial charge on any atom is -0.385 e. The molecule has 2 rings (SSSR count). The number of anilines is 1. The standard InChI is InChI=1S/C11H17N3O2/c1-7-4-2-3-5-8(7)14-9(12)6-10(15)13-11(14)16/h6-8H,2-5,12H2,1H3,(H,13,15,16)/t7-,8-/m0/s1. The molecule has 0 saturated heterocycles. The zero-order valence-corrected chi connectivity index (χ0v) is 9.40. The summed E-state index contributed by atoms with van der Waals surface area (Å²) in [4.78, 5) is 25.1. The molecule has 5 nitrogen and oxygen atoms in total. The van der Waals surface area contributed by atoms with E-state index in [0.29, 0.717) is 5.92 Å². The number of aromatic nitrogens is 2. The molecule has 1 saturated carbocycles. The van der Waals surface area contributed by atoms with Gasteiger partial charge in [0.25, 0.3) is 5.56 Å². The summed E-state index contributed by atoms with van der Waals surface area (Å²) in [5.41, 5.74) is 4.94. The van der Waals surface area contributed by atoms with Gasteiger partial charge in [-0.25, -0.2) is 4.79 Å². The van der Waals surface area contributed by atoms with Crippen LogP contribution in [0.25, 0.3) is 0 Å². The SMILES string of the molecule is C[C@H]1CCCC[C@@H]1n1c(N)cc(=O)[nH]c1=O. The average Bonchev–Trinajstić information content (AvgIpc) is 2.19. The Morgan fingerprint density at radius 1 is 1.38 bits per heavy atom. The number of rotatable bonds is 1. The van der Waals surface area contributed by atoms with Gasteiger partial charge in [0.05, 0.1) is 0 Å². The summed E-state index contributed by atoms with van der Waals surface area (Å²) in [6.45, 7) is 2.13. The number of nitrogens with one attached hydrogen (secondary N) is 1. The van der Waals surface area contributed by atoms with E-state index in [1.54, 1.807) is 0 Å². The summed E-state index contributed by atoms with van der Waals surface area (Å²) >= 11 is 0. The molecule has 2 atom stereocenters. The van der Waals surface area contributed by atoms with Crippen LogP contribution in [0.1, 0.15) is 38.6 Å². The first-order chi connectivity index (χ1) is 7.59. The number of nitrogens with zero attached hydrogens (tertiary/aromatic N) is 1. The lowest BCUT2D eigenvalue weighted by molar-refractivity contribution is 0.252. The van der Waals surface area contributed by atoms with Gasteiger partial charge in [-0.1, -0.05) is 19.8 Å². The van der Waals surface area contributed by atoms with E-state index in [4.69, 9.17) is 5.73 Å². The summed E-state index contributed by atoms with van der Waals surface area (Å²) < 4.78 is 1.53. The molecule has 0 aromatic carbocycles. The smallest absolute Gasteiger partial charge is 0.330 e. The van der Waals surface area contributed by atoms with Crippen molar-refractivity contribution in [3.05, 3.63) is 26.9 Å². The van der Waals surface area contributed by atoms with Gasteiger partial charge in [0.1, 0.15) is 5.82 Å². The van der Waals surface area contributed by atoms with Crippen molar-refractivity contribution in [2.75, 3.05) is 5.73 Å². The summed E-state index contributed by atoms with van der Waals surface area (Å²) in [6, 6.07) is 1.40. The molecule has 0 aliphatic heterocycles. The van der Waals surface area contributed by atoms with Crippen molar-refractivity contribution in [3.8, 4) is 0 Å². The third kappa shape index (κ3) is 1.89. The molecule has 3 N–H and O–H groups in total. The molecule has 1 aliphatic carbocycles. The molecule has 1 aromatic heterocycles. The predicted molar refractivity (Wildman–Crippen MR) is 62.4 cm³/mol. The zero-order chi connectivity index (χ0) is 11.7. The van der Waals surface area contributed by atoms with Crippen LogP contribution in [0.4, 0.5) is 5.82 Å². The second-order valence-electron chi connectivity index (χ2n) is 4.56. The van der Waals surface area contributed by atoms with Gasteiger partial charge in [-0.05, 0) is 18.8 Å². The van der Waals surface area contributed by atoms with Crippen molar-refractivity contribution in [1.82, 2.24) is 9.55 Å². The maximum atomic E-state index is 11.7. The number of nitrogen functional groups attached to an aromatic ring is 1. The van der Waals surface area contributed by atoms with Gasteiger partial charge in [-0.3, -0.25) is 14.3 Å². The second kappa shape index (κ2) is 4.15. The monoisotopic (exact) mass is 223 g/mol. The van der Waals surface area contributed by atoms with Crippen LogP contribution >= 0.6 is 0 Å². The minimum absolute atomic E-state index is 0.123. The Labute approximate surface area is 93.3 Å². The molecule has 0 amide bonds. The van der Waals surface area contributed by atoms with Crippen LogP contribution in [0, 0.1) is 5.92 Å². The van der Waals surface area contributed by atoms with Crippen LogP contribution in [0.2, 0.25) is 0 Å². The van der Waals surface area contributed by atoms with Gasteiger partial charge < -0.3 is 5.73 Å². The number of hydrogen-bond acceptors (Lipinski definition) is 3. The molecular formula is C11H17N3O2. The fourth-order valence-electron chi connectivity index (χ4n) is 2.55. The fraction of sp³-hybridized carbons (Fsp3) is 0.636. The average molecular weight is 223 g/mol.